The Morgan fingerprint density at radius 3 is 2.50 bits per heavy atom. The largest absolute Gasteiger partial charge is 0.489 e. The third-order valence-corrected chi connectivity index (χ3v) is 3.72. The van der Waals surface area contributed by atoms with Gasteiger partial charge in [0.1, 0.15) is 11.6 Å². The van der Waals surface area contributed by atoms with E-state index in [1.165, 1.54) is 12.3 Å². The number of nitrogens with one attached hydrogen (secondary N) is 2. The van der Waals surface area contributed by atoms with Gasteiger partial charge >= 0.3 is 0 Å². The molecule has 0 aliphatic carbocycles. The van der Waals surface area contributed by atoms with E-state index in [0.717, 1.165) is 17.8 Å². The van der Waals surface area contributed by atoms with Gasteiger partial charge in [-0.15, -0.1) is 0 Å². The third kappa shape index (κ3) is 4.82. The summed E-state index contributed by atoms with van der Waals surface area (Å²) in [6.07, 6.45) is 1.42. The number of rotatable bonds is 6. The fourth-order valence-corrected chi connectivity index (χ4v) is 2.44. The van der Waals surface area contributed by atoms with Crippen LogP contribution in [0, 0.1) is 11.6 Å². The second-order valence-electron chi connectivity index (χ2n) is 6.30. The summed E-state index contributed by atoms with van der Waals surface area (Å²) in [6, 6.07) is 13.8. The SMILES string of the molecule is CC(C)Oc1ccccc1Nc1ccc(C(=O)Nc2ccc(F)c(F)c2)cn1. The summed E-state index contributed by atoms with van der Waals surface area (Å²) in [5.74, 6) is -1.26. The monoisotopic (exact) mass is 383 g/mol. The third-order valence-electron chi connectivity index (χ3n) is 3.72. The van der Waals surface area contributed by atoms with E-state index >= 15 is 0 Å². The predicted molar refractivity (Wildman–Crippen MR) is 104 cm³/mol. The molecule has 0 saturated carbocycles. The van der Waals surface area contributed by atoms with Crippen LogP contribution in [0.2, 0.25) is 0 Å². The van der Waals surface area contributed by atoms with E-state index in [9.17, 15) is 13.6 Å². The Labute approximate surface area is 161 Å². The number of amides is 1. The molecule has 2 aromatic carbocycles. The Morgan fingerprint density at radius 2 is 1.82 bits per heavy atom. The number of carbonyl (C=O) groups excluding carboxylic acids is 1. The van der Waals surface area contributed by atoms with Gasteiger partial charge in [-0.1, -0.05) is 12.1 Å². The lowest BCUT2D eigenvalue weighted by Crippen LogP contribution is -2.12. The van der Waals surface area contributed by atoms with E-state index in [2.05, 4.69) is 15.6 Å². The number of hydrogen-bond donors (Lipinski definition) is 2. The summed E-state index contributed by atoms with van der Waals surface area (Å²) in [6.45, 7) is 3.88. The van der Waals surface area contributed by atoms with Gasteiger partial charge in [0, 0.05) is 18.0 Å². The van der Waals surface area contributed by atoms with Crippen LogP contribution in [0.5, 0.6) is 5.75 Å². The Kier molecular flexibility index (Phi) is 5.84. The van der Waals surface area contributed by atoms with Gasteiger partial charge in [0.05, 0.1) is 17.4 Å². The molecular formula is C21H19F2N3O2. The molecule has 1 heterocycles. The first-order valence-corrected chi connectivity index (χ1v) is 8.67. The van der Waals surface area contributed by atoms with Crippen LogP contribution in [-0.2, 0) is 0 Å². The molecule has 0 aliphatic rings. The van der Waals surface area contributed by atoms with E-state index in [4.69, 9.17) is 4.74 Å². The normalized spacial score (nSPS) is 10.6. The van der Waals surface area contributed by atoms with Crippen molar-refractivity contribution >= 4 is 23.1 Å². The number of anilines is 3. The highest BCUT2D eigenvalue weighted by Crippen LogP contribution is 2.27. The number of nitrogens with zero attached hydrogens (tertiary/aromatic N) is 1. The van der Waals surface area contributed by atoms with E-state index < -0.39 is 17.5 Å². The highest BCUT2D eigenvalue weighted by Gasteiger charge is 2.10. The first-order valence-electron chi connectivity index (χ1n) is 8.67. The first kappa shape index (κ1) is 19.3. The highest BCUT2D eigenvalue weighted by atomic mass is 19.2. The molecule has 0 unspecified atom stereocenters. The molecule has 5 nitrogen and oxygen atoms in total. The Morgan fingerprint density at radius 1 is 1.04 bits per heavy atom. The molecule has 2 N–H and O–H groups in total. The van der Waals surface area contributed by atoms with Crippen LogP contribution in [-0.4, -0.2) is 17.0 Å². The zero-order chi connectivity index (χ0) is 20.1. The average Bonchev–Trinajstić information content (AvgIpc) is 2.66. The van der Waals surface area contributed by atoms with Gasteiger partial charge in [-0.25, -0.2) is 13.8 Å². The van der Waals surface area contributed by atoms with Crippen molar-refractivity contribution in [3.05, 3.63) is 78.0 Å². The molecule has 0 fully saturated rings. The average molecular weight is 383 g/mol. The van der Waals surface area contributed by atoms with E-state index in [-0.39, 0.29) is 17.4 Å². The standard InChI is InChI=1S/C21H19F2N3O2/c1-13(2)28-19-6-4-3-5-18(19)26-20-10-7-14(12-24-20)21(27)25-15-8-9-16(22)17(23)11-15/h3-13H,1-2H3,(H,24,26)(H,25,27). The molecule has 7 heteroatoms. The Hall–Kier alpha value is -3.48. The number of carbonyl (C=O) groups is 1. The Balaban J connectivity index is 1.70. The molecule has 0 atom stereocenters. The number of hydrogen-bond acceptors (Lipinski definition) is 4. The van der Waals surface area contributed by atoms with Crippen molar-refractivity contribution in [2.45, 2.75) is 20.0 Å². The minimum Gasteiger partial charge on any atom is -0.489 e. The molecule has 0 bridgehead atoms. The number of pyridine rings is 1. The summed E-state index contributed by atoms with van der Waals surface area (Å²) in [5, 5.41) is 5.65. The van der Waals surface area contributed by atoms with E-state index in [1.54, 1.807) is 12.1 Å². The second kappa shape index (κ2) is 8.47. The maximum atomic E-state index is 13.2. The number of ether oxygens (including phenoxy) is 1. The lowest BCUT2D eigenvalue weighted by Gasteiger charge is -2.15. The number of aromatic nitrogens is 1. The van der Waals surface area contributed by atoms with Crippen molar-refractivity contribution in [2.75, 3.05) is 10.6 Å². The highest BCUT2D eigenvalue weighted by molar-refractivity contribution is 6.04. The molecule has 0 radical (unpaired) electrons. The van der Waals surface area contributed by atoms with E-state index in [1.807, 2.05) is 38.1 Å². The summed E-state index contributed by atoms with van der Waals surface area (Å²) in [7, 11) is 0. The molecule has 0 spiro atoms. The molecule has 3 rings (SSSR count). The van der Waals surface area contributed by atoms with Crippen LogP contribution in [0.25, 0.3) is 0 Å². The topological polar surface area (TPSA) is 63.2 Å². The maximum Gasteiger partial charge on any atom is 0.257 e. The van der Waals surface area contributed by atoms with Gasteiger partial charge in [0.25, 0.3) is 5.91 Å². The zero-order valence-corrected chi connectivity index (χ0v) is 15.4. The first-order chi connectivity index (χ1) is 13.4. The van der Waals surface area contributed by atoms with Crippen LogP contribution < -0.4 is 15.4 Å². The van der Waals surface area contributed by atoms with Gasteiger partial charge in [-0.2, -0.15) is 0 Å². The minimum atomic E-state index is -1.03. The van der Waals surface area contributed by atoms with Crippen LogP contribution in [0.4, 0.5) is 26.0 Å². The molecule has 3 aromatic rings. The lowest BCUT2D eigenvalue weighted by atomic mass is 10.2. The van der Waals surface area contributed by atoms with E-state index in [0.29, 0.717) is 11.6 Å². The van der Waals surface area contributed by atoms with Crippen molar-refractivity contribution in [1.82, 2.24) is 4.98 Å². The van der Waals surface area contributed by atoms with Gasteiger partial charge in [0.15, 0.2) is 11.6 Å². The summed E-state index contributed by atoms with van der Waals surface area (Å²) in [4.78, 5) is 16.5. The van der Waals surface area contributed by atoms with Crippen molar-refractivity contribution in [3.63, 3.8) is 0 Å². The minimum absolute atomic E-state index is 0.0262. The second-order valence-corrected chi connectivity index (χ2v) is 6.30. The Bertz CT molecular complexity index is 976. The fourth-order valence-electron chi connectivity index (χ4n) is 2.44. The molecule has 1 aromatic heterocycles. The van der Waals surface area contributed by atoms with Crippen molar-refractivity contribution < 1.29 is 18.3 Å². The summed E-state index contributed by atoms with van der Waals surface area (Å²) in [5.41, 5.74) is 1.19. The number of halogens is 2. The molecule has 28 heavy (non-hydrogen) atoms. The number of para-hydroxylation sites is 2. The predicted octanol–water partition coefficient (Wildman–Crippen LogP) is 5.14. The van der Waals surface area contributed by atoms with Crippen LogP contribution >= 0.6 is 0 Å². The zero-order valence-electron chi connectivity index (χ0n) is 15.4. The number of benzene rings is 2. The van der Waals surface area contributed by atoms with Gasteiger partial charge < -0.3 is 15.4 Å². The van der Waals surface area contributed by atoms with Crippen molar-refractivity contribution in [3.8, 4) is 5.75 Å². The van der Waals surface area contributed by atoms with Crippen molar-refractivity contribution in [2.24, 2.45) is 0 Å². The van der Waals surface area contributed by atoms with Gasteiger partial charge in [0.2, 0.25) is 0 Å². The van der Waals surface area contributed by atoms with Crippen LogP contribution in [0.3, 0.4) is 0 Å². The fraction of sp³-hybridized carbons (Fsp3) is 0.143. The summed E-state index contributed by atoms with van der Waals surface area (Å²) < 4.78 is 32.0. The molecule has 144 valence electrons. The molecular weight excluding hydrogens is 364 g/mol. The maximum absolute atomic E-state index is 13.2. The molecule has 0 aliphatic heterocycles. The molecule has 0 saturated heterocycles. The smallest absolute Gasteiger partial charge is 0.257 e. The van der Waals surface area contributed by atoms with Crippen LogP contribution in [0.1, 0.15) is 24.2 Å². The van der Waals surface area contributed by atoms with Crippen LogP contribution in [0.15, 0.2) is 60.8 Å². The van der Waals surface area contributed by atoms with Gasteiger partial charge in [-0.05, 0) is 50.2 Å². The quantitative estimate of drug-likeness (QED) is 0.618. The molecule has 1 amide bonds. The lowest BCUT2D eigenvalue weighted by molar-refractivity contribution is 0.102. The van der Waals surface area contributed by atoms with Gasteiger partial charge in [-0.3, -0.25) is 4.79 Å². The summed E-state index contributed by atoms with van der Waals surface area (Å²) >= 11 is 0. The van der Waals surface area contributed by atoms with Crippen molar-refractivity contribution in [1.29, 1.82) is 0 Å².